The molecule has 0 aliphatic heterocycles. The lowest BCUT2D eigenvalue weighted by Gasteiger charge is -2.03. The highest BCUT2D eigenvalue weighted by atomic mass is 35.5. The van der Waals surface area contributed by atoms with Crippen molar-refractivity contribution in [1.29, 1.82) is 0 Å². The van der Waals surface area contributed by atoms with Crippen LogP contribution in [0.15, 0.2) is 18.2 Å². The molecule has 0 aromatic heterocycles. The fourth-order valence-corrected chi connectivity index (χ4v) is 1.08. The fourth-order valence-electron chi connectivity index (χ4n) is 0.872. The quantitative estimate of drug-likeness (QED) is 0.555. The van der Waals surface area contributed by atoms with E-state index in [1.54, 1.807) is 6.07 Å². The molecule has 0 N–H and O–H groups in total. The summed E-state index contributed by atoms with van der Waals surface area (Å²) in [5.41, 5.74) is 0.823. The first kappa shape index (κ1) is 10.4. The molecule has 0 spiro atoms. The molecule has 0 unspecified atom stereocenters. The zero-order valence-corrected chi connectivity index (χ0v) is 7.97. The van der Waals surface area contributed by atoms with E-state index in [0.717, 1.165) is 5.56 Å². The van der Waals surface area contributed by atoms with Gasteiger partial charge in [0.15, 0.2) is 0 Å². The molecule has 1 aromatic carbocycles. The average Bonchev–Trinajstić information content (AvgIpc) is 2.12. The smallest absolute Gasteiger partial charge is 0.146 e. The molecule has 0 bridgehead atoms. The van der Waals surface area contributed by atoms with Gasteiger partial charge in [-0.1, -0.05) is 17.7 Å². The minimum atomic E-state index is -0.419. The summed E-state index contributed by atoms with van der Waals surface area (Å²) >= 11 is 5.56. The van der Waals surface area contributed by atoms with Gasteiger partial charge in [0.05, 0.1) is 11.6 Å². The van der Waals surface area contributed by atoms with Crippen LogP contribution < -0.4 is 0 Å². The van der Waals surface area contributed by atoms with Gasteiger partial charge < -0.3 is 9.47 Å². The van der Waals surface area contributed by atoms with Crippen molar-refractivity contribution in [3.63, 3.8) is 0 Å². The first-order chi connectivity index (χ1) is 6.24. The third kappa shape index (κ3) is 3.30. The van der Waals surface area contributed by atoms with Crippen molar-refractivity contribution in [2.45, 2.75) is 6.61 Å². The Balaban J connectivity index is 2.53. The molecule has 0 radical (unpaired) electrons. The summed E-state index contributed by atoms with van der Waals surface area (Å²) in [6.07, 6.45) is 0. The second kappa shape index (κ2) is 5.17. The predicted molar refractivity (Wildman–Crippen MR) is 48.1 cm³/mol. The van der Waals surface area contributed by atoms with Crippen LogP contribution in [0.1, 0.15) is 5.56 Å². The van der Waals surface area contributed by atoms with Crippen LogP contribution in [0.5, 0.6) is 0 Å². The van der Waals surface area contributed by atoms with Crippen LogP contribution in [0.25, 0.3) is 0 Å². The Labute approximate surface area is 81.2 Å². The number of hydrogen-bond acceptors (Lipinski definition) is 2. The zero-order valence-electron chi connectivity index (χ0n) is 7.22. The van der Waals surface area contributed by atoms with E-state index in [1.807, 2.05) is 0 Å². The number of rotatable bonds is 4. The van der Waals surface area contributed by atoms with E-state index in [2.05, 4.69) is 4.74 Å². The summed E-state index contributed by atoms with van der Waals surface area (Å²) < 4.78 is 22.4. The average molecular weight is 205 g/mol. The second-order valence-corrected chi connectivity index (χ2v) is 2.91. The maximum absolute atomic E-state index is 12.7. The summed E-state index contributed by atoms with van der Waals surface area (Å²) in [4.78, 5) is 0. The zero-order chi connectivity index (χ0) is 9.68. The van der Waals surface area contributed by atoms with Gasteiger partial charge in [0.25, 0.3) is 0 Å². The van der Waals surface area contributed by atoms with Crippen LogP contribution in [0, 0.1) is 5.82 Å². The molecule has 2 nitrogen and oxygen atoms in total. The van der Waals surface area contributed by atoms with E-state index in [1.165, 1.54) is 19.2 Å². The molecule has 1 rings (SSSR count). The maximum atomic E-state index is 12.7. The standard InChI is InChI=1S/C9H10ClFO2/c1-12-6-13-5-7-2-3-9(11)8(10)4-7/h2-4H,5-6H2,1H3. The molecule has 0 fully saturated rings. The maximum Gasteiger partial charge on any atom is 0.146 e. The highest BCUT2D eigenvalue weighted by molar-refractivity contribution is 6.30. The molecular formula is C9H10ClFO2. The predicted octanol–water partition coefficient (Wildman–Crippen LogP) is 2.60. The molecule has 0 amide bonds. The summed E-state index contributed by atoms with van der Waals surface area (Å²) in [5.74, 6) is -0.419. The first-order valence-electron chi connectivity index (χ1n) is 3.74. The van der Waals surface area contributed by atoms with Gasteiger partial charge in [0, 0.05) is 7.11 Å². The Hall–Kier alpha value is -0.640. The van der Waals surface area contributed by atoms with Gasteiger partial charge in [-0.05, 0) is 17.7 Å². The largest absolute Gasteiger partial charge is 0.359 e. The van der Waals surface area contributed by atoms with E-state index >= 15 is 0 Å². The molecule has 13 heavy (non-hydrogen) atoms. The van der Waals surface area contributed by atoms with Crippen molar-refractivity contribution < 1.29 is 13.9 Å². The van der Waals surface area contributed by atoms with Crippen LogP contribution in [-0.4, -0.2) is 13.9 Å². The number of hydrogen-bond donors (Lipinski definition) is 0. The highest BCUT2D eigenvalue weighted by Crippen LogP contribution is 2.16. The van der Waals surface area contributed by atoms with Gasteiger partial charge >= 0.3 is 0 Å². The molecule has 72 valence electrons. The monoisotopic (exact) mass is 204 g/mol. The molecule has 1 aromatic rings. The minimum Gasteiger partial charge on any atom is -0.359 e. The van der Waals surface area contributed by atoms with E-state index in [-0.39, 0.29) is 11.8 Å². The Morgan fingerprint density at radius 1 is 1.46 bits per heavy atom. The molecule has 0 atom stereocenters. The van der Waals surface area contributed by atoms with E-state index in [9.17, 15) is 4.39 Å². The van der Waals surface area contributed by atoms with Crippen LogP contribution in [0.2, 0.25) is 5.02 Å². The lowest BCUT2D eigenvalue weighted by Crippen LogP contribution is -1.97. The Morgan fingerprint density at radius 3 is 2.85 bits per heavy atom. The van der Waals surface area contributed by atoms with Crippen molar-refractivity contribution in [3.05, 3.63) is 34.6 Å². The van der Waals surface area contributed by atoms with Gasteiger partial charge in [-0.15, -0.1) is 0 Å². The summed E-state index contributed by atoms with van der Waals surface area (Å²) in [6, 6.07) is 4.47. The van der Waals surface area contributed by atoms with Crippen LogP contribution in [0.3, 0.4) is 0 Å². The van der Waals surface area contributed by atoms with E-state index in [0.29, 0.717) is 6.61 Å². The highest BCUT2D eigenvalue weighted by Gasteiger charge is 2.00. The van der Waals surface area contributed by atoms with Gasteiger partial charge in [0.1, 0.15) is 12.6 Å². The first-order valence-corrected chi connectivity index (χ1v) is 4.12. The normalized spacial score (nSPS) is 10.4. The molecular weight excluding hydrogens is 195 g/mol. The van der Waals surface area contributed by atoms with Crippen LogP contribution in [0.4, 0.5) is 4.39 Å². The topological polar surface area (TPSA) is 18.5 Å². The summed E-state index contributed by atoms with van der Waals surface area (Å²) in [7, 11) is 1.54. The van der Waals surface area contributed by atoms with E-state index < -0.39 is 5.82 Å². The Morgan fingerprint density at radius 2 is 2.23 bits per heavy atom. The van der Waals surface area contributed by atoms with E-state index in [4.69, 9.17) is 16.3 Å². The fraction of sp³-hybridized carbons (Fsp3) is 0.333. The number of halogens is 2. The van der Waals surface area contributed by atoms with Crippen molar-refractivity contribution >= 4 is 11.6 Å². The Bertz CT molecular complexity index is 278. The third-order valence-corrected chi connectivity index (χ3v) is 1.74. The lowest BCUT2D eigenvalue weighted by atomic mass is 10.2. The molecule has 0 saturated heterocycles. The van der Waals surface area contributed by atoms with Crippen molar-refractivity contribution in [2.75, 3.05) is 13.9 Å². The van der Waals surface area contributed by atoms with Crippen molar-refractivity contribution in [2.24, 2.45) is 0 Å². The summed E-state index contributed by atoms with van der Waals surface area (Å²) in [5, 5.41) is 0.110. The third-order valence-electron chi connectivity index (χ3n) is 1.45. The summed E-state index contributed by atoms with van der Waals surface area (Å²) in [6.45, 7) is 0.586. The van der Waals surface area contributed by atoms with Gasteiger partial charge in [-0.3, -0.25) is 0 Å². The van der Waals surface area contributed by atoms with Gasteiger partial charge in [-0.25, -0.2) is 4.39 Å². The molecule has 0 aliphatic carbocycles. The van der Waals surface area contributed by atoms with Gasteiger partial charge in [0.2, 0.25) is 0 Å². The SMILES string of the molecule is COCOCc1ccc(F)c(Cl)c1. The van der Waals surface area contributed by atoms with Crippen LogP contribution in [-0.2, 0) is 16.1 Å². The minimum absolute atomic E-state index is 0.110. The van der Waals surface area contributed by atoms with Crippen molar-refractivity contribution in [3.8, 4) is 0 Å². The number of methoxy groups -OCH3 is 1. The van der Waals surface area contributed by atoms with Crippen molar-refractivity contribution in [1.82, 2.24) is 0 Å². The molecule has 0 heterocycles. The number of benzene rings is 1. The Kier molecular flexibility index (Phi) is 4.15. The lowest BCUT2D eigenvalue weighted by molar-refractivity contribution is -0.0390. The second-order valence-electron chi connectivity index (χ2n) is 2.50. The number of ether oxygens (including phenoxy) is 2. The molecule has 4 heteroatoms. The van der Waals surface area contributed by atoms with Crippen LogP contribution >= 0.6 is 11.6 Å². The van der Waals surface area contributed by atoms with Gasteiger partial charge in [-0.2, -0.15) is 0 Å². The molecule has 0 saturated carbocycles. The molecule has 0 aliphatic rings.